The van der Waals surface area contributed by atoms with Crippen molar-refractivity contribution in [2.24, 2.45) is 73.9 Å². The number of aliphatic carboxylic acids is 2. The largest absolute Gasteiger partial charge is 0.481 e. The van der Waals surface area contributed by atoms with Crippen molar-refractivity contribution in [1.82, 2.24) is 0 Å². The van der Waals surface area contributed by atoms with Gasteiger partial charge in [0.25, 0.3) is 0 Å². The SMILES string of the molecule is C[C@@H]1C[C@]23CCC4[C@](C)(CCC[C@]4(C)C(=O)O)C2CC[C@@]1(OC(=O)CCCCCCCCC(=O)O[C@H]1CC2[C@@]4(CCC5[C@@]2(C)CCC[C@@]5(C)C(=O)O)C[C@@H]1[C@@H](C)C4)C3. The molecule has 8 fully saturated rings. The third kappa shape index (κ3) is 6.62. The fraction of sp³-hybridized carbons (Fsp3) is 0.920. The fourth-order valence-electron chi connectivity index (χ4n) is 18.1. The second kappa shape index (κ2) is 15.1. The highest BCUT2D eigenvalue weighted by Crippen LogP contribution is 2.75. The Balaban J connectivity index is 0.755. The second-order valence-electron chi connectivity index (χ2n) is 23.5. The Bertz CT molecular complexity index is 1630. The number of unbranched alkanes of at least 4 members (excludes halogenated alkanes) is 5. The van der Waals surface area contributed by atoms with Crippen molar-refractivity contribution in [2.75, 3.05) is 0 Å². The molecule has 8 aliphatic rings. The molecule has 0 aliphatic heterocycles. The molecule has 8 aliphatic carbocycles. The molecule has 0 heterocycles. The van der Waals surface area contributed by atoms with Gasteiger partial charge in [0, 0.05) is 12.8 Å². The predicted octanol–water partition coefficient (Wildman–Crippen LogP) is 11.6. The van der Waals surface area contributed by atoms with Crippen LogP contribution in [0.4, 0.5) is 0 Å². The molecule has 0 amide bonds. The highest BCUT2D eigenvalue weighted by molar-refractivity contribution is 5.75. The minimum absolute atomic E-state index is 0.0149. The third-order valence-electron chi connectivity index (χ3n) is 20.6. The molecule has 8 nitrogen and oxygen atoms in total. The van der Waals surface area contributed by atoms with Gasteiger partial charge in [0.1, 0.15) is 11.7 Å². The van der Waals surface area contributed by atoms with Crippen LogP contribution in [0.1, 0.15) is 202 Å². The van der Waals surface area contributed by atoms with Crippen LogP contribution in [-0.2, 0) is 28.7 Å². The lowest BCUT2D eigenvalue weighted by Gasteiger charge is -2.64. The van der Waals surface area contributed by atoms with Gasteiger partial charge in [0.2, 0.25) is 0 Å². The number of rotatable bonds is 13. The van der Waals surface area contributed by atoms with Gasteiger partial charge in [-0.25, -0.2) is 0 Å². The minimum atomic E-state index is -0.660. The molecule has 8 rings (SSSR count). The quantitative estimate of drug-likeness (QED) is 0.139. The number of carbonyl (C=O) groups excluding carboxylic acids is 2. The lowest BCUT2D eigenvalue weighted by atomic mass is 9.41. The van der Waals surface area contributed by atoms with Crippen LogP contribution in [0.5, 0.6) is 0 Å². The predicted molar refractivity (Wildman–Crippen MR) is 222 cm³/mol. The van der Waals surface area contributed by atoms with Gasteiger partial charge >= 0.3 is 23.9 Å². The van der Waals surface area contributed by atoms with E-state index < -0.39 is 22.8 Å². The van der Waals surface area contributed by atoms with Crippen LogP contribution in [-0.4, -0.2) is 45.8 Å². The van der Waals surface area contributed by atoms with Crippen LogP contribution in [0.25, 0.3) is 0 Å². The maximum absolute atomic E-state index is 13.3. The lowest BCUT2D eigenvalue weighted by molar-refractivity contribution is -0.194. The molecule has 8 saturated carbocycles. The van der Waals surface area contributed by atoms with Gasteiger partial charge in [-0.3, -0.25) is 19.2 Å². The van der Waals surface area contributed by atoms with E-state index in [4.69, 9.17) is 9.47 Å². The summed E-state index contributed by atoms with van der Waals surface area (Å²) in [7, 11) is 0. The Hall–Kier alpha value is -2.12. The van der Waals surface area contributed by atoms with Gasteiger partial charge in [0.15, 0.2) is 0 Å². The summed E-state index contributed by atoms with van der Waals surface area (Å²) >= 11 is 0. The highest BCUT2D eigenvalue weighted by Gasteiger charge is 2.70. The van der Waals surface area contributed by atoms with Crippen molar-refractivity contribution in [3.63, 3.8) is 0 Å². The van der Waals surface area contributed by atoms with Gasteiger partial charge in [-0.1, -0.05) is 66.2 Å². The van der Waals surface area contributed by atoms with E-state index in [1.165, 1.54) is 6.42 Å². The molecule has 4 unspecified atom stereocenters. The second-order valence-corrected chi connectivity index (χ2v) is 23.5. The molecule has 326 valence electrons. The number of fused-ring (bicyclic) bond motifs is 6. The average molecular weight is 807 g/mol. The van der Waals surface area contributed by atoms with E-state index in [2.05, 4.69) is 27.7 Å². The Morgan fingerprint density at radius 1 is 0.586 bits per heavy atom. The van der Waals surface area contributed by atoms with E-state index in [0.717, 1.165) is 141 Å². The molecule has 15 atom stereocenters. The Labute approximate surface area is 349 Å². The molecular weight excluding hydrogens is 729 g/mol. The number of carboxylic acids is 2. The van der Waals surface area contributed by atoms with Crippen LogP contribution >= 0.6 is 0 Å². The summed E-state index contributed by atoms with van der Waals surface area (Å²) in [5, 5.41) is 20.6. The smallest absolute Gasteiger partial charge is 0.309 e. The molecular formula is C50H78O8. The van der Waals surface area contributed by atoms with Crippen molar-refractivity contribution in [1.29, 1.82) is 0 Å². The molecule has 8 heteroatoms. The lowest BCUT2D eigenvalue weighted by Crippen LogP contribution is -2.59. The molecule has 58 heavy (non-hydrogen) atoms. The summed E-state index contributed by atoms with van der Waals surface area (Å²) < 4.78 is 12.9. The molecule has 4 bridgehead atoms. The van der Waals surface area contributed by atoms with Crippen molar-refractivity contribution >= 4 is 23.9 Å². The van der Waals surface area contributed by atoms with Crippen LogP contribution in [0.3, 0.4) is 0 Å². The number of esters is 2. The van der Waals surface area contributed by atoms with Crippen LogP contribution in [0.2, 0.25) is 0 Å². The summed E-state index contributed by atoms with van der Waals surface area (Å²) in [5.41, 5.74) is -1.17. The standard InChI is InChI=1S/C50H78O8/c1-32-28-48-24-17-37-45(4,21-14-23-47(37,6)43(55)56)39(48)27-35(34(32)30-48)57-40(51)15-11-9-7-8-10-12-16-41(52)58-50-26-19-38-44(3)20-13-22-46(5,42(53)54)36(44)18-25-49(38,31-50)29-33(50)2/h32-39H,7-31H2,1-6H3,(H,53,54)(H,55,56)/t32-,33+,34+,35-,36?,37?,38?,39?,44-,45+,46-,47+,48+,49-,50+/m0/s1. The van der Waals surface area contributed by atoms with E-state index in [1.54, 1.807) is 0 Å². The molecule has 0 aromatic heterocycles. The van der Waals surface area contributed by atoms with E-state index in [-0.39, 0.29) is 57.1 Å². The molecule has 0 aromatic rings. The van der Waals surface area contributed by atoms with Crippen molar-refractivity contribution in [3.8, 4) is 0 Å². The van der Waals surface area contributed by atoms with E-state index in [1.807, 2.05) is 13.8 Å². The first kappa shape index (κ1) is 42.6. The first-order valence-electron chi connectivity index (χ1n) is 24.2. The van der Waals surface area contributed by atoms with E-state index >= 15 is 0 Å². The van der Waals surface area contributed by atoms with Crippen molar-refractivity contribution in [3.05, 3.63) is 0 Å². The zero-order chi connectivity index (χ0) is 41.5. The normalized spacial score (nSPS) is 48.8. The van der Waals surface area contributed by atoms with Crippen LogP contribution in [0.15, 0.2) is 0 Å². The minimum Gasteiger partial charge on any atom is -0.481 e. The first-order valence-corrected chi connectivity index (χ1v) is 24.2. The maximum atomic E-state index is 13.3. The Morgan fingerprint density at radius 3 is 1.72 bits per heavy atom. The van der Waals surface area contributed by atoms with Gasteiger partial charge < -0.3 is 19.7 Å². The summed E-state index contributed by atoms with van der Waals surface area (Å²) in [6.07, 6.45) is 23.8. The monoisotopic (exact) mass is 807 g/mol. The number of hydrogen-bond acceptors (Lipinski definition) is 6. The number of hydrogen-bond donors (Lipinski definition) is 2. The first-order chi connectivity index (χ1) is 27.4. The zero-order valence-electron chi connectivity index (χ0n) is 37.1. The Morgan fingerprint density at radius 2 is 1.12 bits per heavy atom. The molecule has 2 spiro atoms. The molecule has 0 aromatic carbocycles. The summed E-state index contributed by atoms with van der Waals surface area (Å²) in [6.45, 7) is 13.5. The summed E-state index contributed by atoms with van der Waals surface area (Å²) in [5.74, 6) is 1.28. The third-order valence-corrected chi connectivity index (χ3v) is 20.6. The number of carboxylic acid groups (broad SMARTS) is 2. The Kier molecular flexibility index (Phi) is 11.0. The molecule has 0 saturated heterocycles. The topological polar surface area (TPSA) is 127 Å². The van der Waals surface area contributed by atoms with Crippen LogP contribution < -0.4 is 0 Å². The van der Waals surface area contributed by atoms with E-state index in [9.17, 15) is 29.4 Å². The van der Waals surface area contributed by atoms with Gasteiger partial charge in [-0.2, -0.15) is 0 Å². The zero-order valence-corrected chi connectivity index (χ0v) is 37.1. The average Bonchev–Trinajstić information content (AvgIpc) is 3.53. The van der Waals surface area contributed by atoms with Crippen molar-refractivity contribution in [2.45, 2.75) is 214 Å². The fourth-order valence-corrected chi connectivity index (χ4v) is 18.1. The number of ether oxygens (including phenoxy) is 2. The number of carbonyl (C=O) groups is 4. The van der Waals surface area contributed by atoms with Gasteiger partial charge in [-0.05, 0) is 186 Å². The molecule has 2 N–H and O–H groups in total. The van der Waals surface area contributed by atoms with Gasteiger partial charge in [-0.15, -0.1) is 0 Å². The van der Waals surface area contributed by atoms with Crippen LogP contribution in [0, 0.1) is 73.9 Å². The summed E-state index contributed by atoms with van der Waals surface area (Å²) in [6, 6.07) is 0. The highest BCUT2D eigenvalue weighted by atomic mass is 16.6. The van der Waals surface area contributed by atoms with Gasteiger partial charge in [0.05, 0.1) is 10.8 Å². The molecule has 0 radical (unpaired) electrons. The van der Waals surface area contributed by atoms with Crippen molar-refractivity contribution < 1.29 is 38.9 Å². The van der Waals surface area contributed by atoms with E-state index in [0.29, 0.717) is 42.4 Å². The maximum Gasteiger partial charge on any atom is 0.309 e. The summed E-state index contributed by atoms with van der Waals surface area (Å²) in [4.78, 5) is 51.7.